The molecule has 1 aliphatic rings. The second kappa shape index (κ2) is 9.45. The van der Waals surface area contributed by atoms with Crippen molar-refractivity contribution in [2.45, 2.75) is 18.6 Å². The van der Waals surface area contributed by atoms with E-state index >= 15 is 0 Å². The lowest BCUT2D eigenvalue weighted by atomic mass is 9.98. The van der Waals surface area contributed by atoms with E-state index in [1.807, 2.05) is 54.6 Å². The number of hydrogen-bond donors (Lipinski definition) is 2. The van der Waals surface area contributed by atoms with Gasteiger partial charge in [0.05, 0.1) is 0 Å². The Bertz CT molecular complexity index is 1020. The summed E-state index contributed by atoms with van der Waals surface area (Å²) in [5.74, 6) is -0.606. The number of nitrogens with one attached hydrogen (secondary N) is 1. The van der Waals surface area contributed by atoms with E-state index in [1.54, 1.807) is 0 Å². The van der Waals surface area contributed by atoms with Gasteiger partial charge in [-0.1, -0.05) is 78.9 Å². The predicted octanol–water partition coefficient (Wildman–Crippen LogP) is 3.60. The first kappa shape index (κ1) is 20.6. The lowest BCUT2D eigenvalue weighted by Gasteiger charge is -2.16. The third-order valence-corrected chi connectivity index (χ3v) is 5.34. The van der Waals surface area contributed by atoms with Gasteiger partial charge in [0.25, 0.3) is 0 Å². The molecule has 6 heteroatoms. The zero-order valence-corrected chi connectivity index (χ0v) is 17.0. The lowest BCUT2D eigenvalue weighted by molar-refractivity contribution is -0.146. The first-order chi connectivity index (χ1) is 15.1. The third-order valence-electron chi connectivity index (χ3n) is 5.34. The number of carbonyl (C=O) groups excluding carboxylic acids is 2. The molecule has 0 heterocycles. The topological polar surface area (TPSA) is 90.6 Å². The number of benzene rings is 3. The number of rotatable bonds is 7. The Kier molecular flexibility index (Phi) is 6.29. The highest BCUT2D eigenvalue weighted by Crippen LogP contribution is 2.44. The highest BCUT2D eigenvalue weighted by Gasteiger charge is 2.29. The van der Waals surface area contributed by atoms with Crippen LogP contribution in [0.15, 0.2) is 78.9 Å². The van der Waals surface area contributed by atoms with Crippen LogP contribution in [0.25, 0.3) is 11.1 Å². The van der Waals surface area contributed by atoms with Crippen LogP contribution in [0, 0.1) is 0 Å². The van der Waals surface area contributed by atoms with E-state index in [1.165, 1.54) is 0 Å². The van der Waals surface area contributed by atoms with Gasteiger partial charge < -0.3 is 20.5 Å². The van der Waals surface area contributed by atoms with Crippen molar-refractivity contribution in [2.24, 2.45) is 5.73 Å². The van der Waals surface area contributed by atoms with Gasteiger partial charge in [0.1, 0.15) is 19.3 Å². The molecule has 0 saturated carbocycles. The van der Waals surface area contributed by atoms with Crippen molar-refractivity contribution >= 4 is 12.1 Å². The summed E-state index contributed by atoms with van der Waals surface area (Å²) < 4.78 is 10.6. The van der Waals surface area contributed by atoms with E-state index in [4.69, 9.17) is 15.2 Å². The van der Waals surface area contributed by atoms with E-state index in [9.17, 15) is 9.59 Å². The molecule has 0 spiro atoms. The van der Waals surface area contributed by atoms with Gasteiger partial charge in [-0.25, -0.2) is 4.79 Å². The summed E-state index contributed by atoms with van der Waals surface area (Å²) in [6.45, 7) is 0.274. The van der Waals surface area contributed by atoms with Crippen LogP contribution in [0.3, 0.4) is 0 Å². The fraction of sp³-hybridized carbons (Fsp3) is 0.200. The molecule has 3 N–H and O–H groups in total. The maximum atomic E-state index is 12.2. The van der Waals surface area contributed by atoms with E-state index in [0.717, 1.165) is 27.8 Å². The van der Waals surface area contributed by atoms with Gasteiger partial charge in [-0.2, -0.15) is 0 Å². The zero-order valence-electron chi connectivity index (χ0n) is 17.0. The first-order valence-corrected chi connectivity index (χ1v) is 10.2. The van der Waals surface area contributed by atoms with Crippen molar-refractivity contribution in [3.05, 3.63) is 95.6 Å². The largest absolute Gasteiger partial charge is 0.460 e. The molecule has 31 heavy (non-hydrogen) atoms. The number of esters is 1. The lowest BCUT2D eigenvalue weighted by Crippen LogP contribution is -2.43. The van der Waals surface area contributed by atoms with Gasteiger partial charge in [-0.3, -0.25) is 4.79 Å². The van der Waals surface area contributed by atoms with Crippen LogP contribution in [0.4, 0.5) is 4.79 Å². The number of amides is 1. The zero-order chi connectivity index (χ0) is 21.6. The van der Waals surface area contributed by atoms with E-state index < -0.39 is 18.1 Å². The molecular weight excluding hydrogens is 392 g/mol. The molecule has 0 saturated heterocycles. The summed E-state index contributed by atoms with van der Waals surface area (Å²) in [5, 5.41) is 2.55. The van der Waals surface area contributed by atoms with Gasteiger partial charge in [0.15, 0.2) is 0 Å². The summed E-state index contributed by atoms with van der Waals surface area (Å²) >= 11 is 0. The summed E-state index contributed by atoms with van der Waals surface area (Å²) in [5.41, 5.74) is 11.3. The molecule has 1 atom stereocenters. The van der Waals surface area contributed by atoms with Crippen LogP contribution in [0.1, 0.15) is 22.6 Å². The van der Waals surface area contributed by atoms with E-state index in [2.05, 4.69) is 29.6 Å². The van der Waals surface area contributed by atoms with Crippen molar-refractivity contribution in [1.29, 1.82) is 0 Å². The average molecular weight is 416 g/mol. The number of nitrogens with two attached hydrogens (primary N) is 1. The number of fused-ring (bicyclic) bond motifs is 3. The molecule has 1 aliphatic carbocycles. The monoisotopic (exact) mass is 416 g/mol. The molecule has 158 valence electrons. The normalized spacial score (nSPS) is 13.1. The number of ether oxygens (including phenoxy) is 2. The Hall–Kier alpha value is -3.64. The molecule has 0 aliphatic heterocycles. The Balaban J connectivity index is 1.26. The Morgan fingerprint density at radius 1 is 0.839 bits per heavy atom. The minimum atomic E-state index is -0.968. The first-order valence-electron chi connectivity index (χ1n) is 10.2. The SMILES string of the molecule is NC(CNC(=O)OCC1c2ccccc2-c2ccccc21)C(=O)OCc1ccccc1. The van der Waals surface area contributed by atoms with Gasteiger partial charge in [-0.05, 0) is 27.8 Å². The predicted molar refractivity (Wildman–Crippen MR) is 117 cm³/mol. The summed E-state index contributed by atoms with van der Waals surface area (Å²) in [4.78, 5) is 24.2. The minimum Gasteiger partial charge on any atom is -0.460 e. The van der Waals surface area contributed by atoms with Crippen LogP contribution in [0.5, 0.6) is 0 Å². The second-order valence-electron chi connectivity index (χ2n) is 7.41. The number of hydrogen-bond acceptors (Lipinski definition) is 5. The minimum absolute atomic E-state index is 0.0253. The van der Waals surface area contributed by atoms with E-state index in [0.29, 0.717) is 0 Å². The highest BCUT2D eigenvalue weighted by molar-refractivity contribution is 5.79. The van der Waals surface area contributed by atoms with E-state index in [-0.39, 0.29) is 25.7 Å². The van der Waals surface area contributed by atoms with Crippen molar-refractivity contribution in [3.63, 3.8) is 0 Å². The molecule has 0 radical (unpaired) electrons. The van der Waals surface area contributed by atoms with Crippen LogP contribution >= 0.6 is 0 Å². The quantitative estimate of drug-likeness (QED) is 0.575. The molecule has 3 aromatic rings. The molecular formula is C25H24N2O4. The fourth-order valence-electron chi connectivity index (χ4n) is 3.76. The Morgan fingerprint density at radius 3 is 2.06 bits per heavy atom. The van der Waals surface area contributed by atoms with Crippen LogP contribution < -0.4 is 11.1 Å². The van der Waals surface area contributed by atoms with Gasteiger partial charge in [0, 0.05) is 12.5 Å². The fourth-order valence-corrected chi connectivity index (χ4v) is 3.76. The van der Waals surface area contributed by atoms with Gasteiger partial charge in [0.2, 0.25) is 0 Å². The Morgan fingerprint density at radius 2 is 1.42 bits per heavy atom. The molecule has 6 nitrogen and oxygen atoms in total. The highest BCUT2D eigenvalue weighted by atomic mass is 16.5. The molecule has 0 bridgehead atoms. The summed E-state index contributed by atoms with van der Waals surface area (Å²) in [7, 11) is 0. The molecule has 0 fully saturated rings. The van der Waals surface area contributed by atoms with Gasteiger partial charge >= 0.3 is 12.1 Å². The summed E-state index contributed by atoms with van der Waals surface area (Å²) in [6.07, 6.45) is -0.617. The Labute approximate surface area is 181 Å². The standard InChI is InChI=1S/C25H24N2O4/c26-23(24(28)30-15-17-8-2-1-3-9-17)14-27-25(29)31-16-22-20-12-6-4-10-18(20)19-11-5-7-13-21(19)22/h1-13,22-23H,14-16,26H2,(H,27,29). The van der Waals surface area contributed by atoms with Crippen LogP contribution in [-0.2, 0) is 20.9 Å². The number of carbonyl (C=O) groups is 2. The average Bonchev–Trinajstić information content (AvgIpc) is 3.14. The molecule has 3 aromatic carbocycles. The molecule has 0 aromatic heterocycles. The second-order valence-corrected chi connectivity index (χ2v) is 7.41. The maximum absolute atomic E-state index is 12.2. The van der Waals surface area contributed by atoms with Crippen molar-refractivity contribution in [3.8, 4) is 11.1 Å². The number of alkyl carbamates (subject to hydrolysis) is 1. The molecule has 1 amide bonds. The third kappa shape index (κ3) is 4.75. The van der Waals surface area contributed by atoms with Crippen molar-refractivity contribution in [1.82, 2.24) is 5.32 Å². The van der Waals surface area contributed by atoms with Crippen molar-refractivity contribution < 1.29 is 19.1 Å². The van der Waals surface area contributed by atoms with Crippen LogP contribution in [0.2, 0.25) is 0 Å². The smallest absolute Gasteiger partial charge is 0.407 e. The molecule has 4 rings (SSSR count). The van der Waals surface area contributed by atoms with Crippen molar-refractivity contribution in [2.75, 3.05) is 13.2 Å². The van der Waals surface area contributed by atoms with Gasteiger partial charge in [-0.15, -0.1) is 0 Å². The molecule has 1 unspecified atom stereocenters. The summed E-state index contributed by atoms with van der Waals surface area (Å²) in [6, 6.07) is 24.6. The maximum Gasteiger partial charge on any atom is 0.407 e. The van der Waals surface area contributed by atoms with Crippen LogP contribution in [-0.4, -0.2) is 31.3 Å².